The summed E-state index contributed by atoms with van der Waals surface area (Å²) in [7, 11) is 0. The molecule has 1 aromatic carbocycles. The zero-order chi connectivity index (χ0) is 11.4. The average molecular weight is 228 g/mol. The summed E-state index contributed by atoms with van der Waals surface area (Å²) in [6, 6.07) is 7.61. The Morgan fingerprint density at radius 3 is 3.18 bits per heavy atom. The molecule has 2 nitrogen and oxygen atoms in total. The van der Waals surface area contributed by atoms with Crippen LogP contribution in [0.25, 0.3) is 0 Å². The molecule has 1 N–H and O–H groups in total. The molecule has 2 aliphatic heterocycles. The van der Waals surface area contributed by atoms with Crippen LogP contribution in [0.15, 0.2) is 18.2 Å². The lowest BCUT2D eigenvalue weighted by Gasteiger charge is -2.36. The Bertz CT molecular complexity index is 454. The van der Waals surface area contributed by atoms with Crippen molar-refractivity contribution in [3.05, 3.63) is 23.8 Å². The number of aryl methyl sites for hydroxylation is 1. The van der Waals surface area contributed by atoms with Gasteiger partial charge in [0.25, 0.3) is 0 Å². The second-order valence-electron chi connectivity index (χ2n) is 5.98. The number of benzene rings is 1. The first-order chi connectivity index (χ1) is 8.33. The summed E-state index contributed by atoms with van der Waals surface area (Å²) in [6.45, 7) is 4.62. The predicted octanol–water partition coefficient (Wildman–Crippen LogP) is 3.03. The van der Waals surface area contributed by atoms with E-state index in [-0.39, 0.29) is 0 Å². The molecule has 0 spiro atoms. The van der Waals surface area contributed by atoms with Crippen molar-refractivity contribution in [2.45, 2.75) is 32.2 Å². The van der Waals surface area contributed by atoms with Crippen LogP contribution in [0.2, 0.25) is 0 Å². The second kappa shape index (κ2) is 3.41. The maximum atomic E-state index is 3.65. The topological polar surface area (TPSA) is 15.3 Å². The first-order valence-electron chi connectivity index (χ1n) is 6.94. The van der Waals surface area contributed by atoms with Crippen molar-refractivity contribution >= 4 is 11.4 Å². The summed E-state index contributed by atoms with van der Waals surface area (Å²) in [5, 5.41) is 3.65. The van der Waals surface area contributed by atoms with Crippen molar-refractivity contribution in [1.82, 2.24) is 0 Å². The Morgan fingerprint density at radius 2 is 2.24 bits per heavy atom. The molecular formula is C15H20N2. The molecule has 90 valence electrons. The summed E-state index contributed by atoms with van der Waals surface area (Å²) in [6.07, 6.45) is 4.37. The number of rotatable bonds is 0. The van der Waals surface area contributed by atoms with Gasteiger partial charge in [-0.05, 0) is 49.3 Å². The predicted molar refractivity (Wildman–Crippen MR) is 71.6 cm³/mol. The van der Waals surface area contributed by atoms with Crippen molar-refractivity contribution in [2.75, 3.05) is 23.3 Å². The monoisotopic (exact) mass is 228 g/mol. The van der Waals surface area contributed by atoms with Gasteiger partial charge in [0.05, 0.1) is 11.4 Å². The minimum absolute atomic E-state index is 0.762. The molecule has 1 saturated heterocycles. The summed E-state index contributed by atoms with van der Waals surface area (Å²) in [4.78, 5) is 2.68. The van der Waals surface area contributed by atoms with Gasteiger partial charge in [-0.15, -0.1) is 0 Å². The molecule has 2 fully saturated rings. The fraction of sp³-hybridized carbons (Fsp3) is 0.600. The van der Waals surface area contributed by atoms with E-state index in [0.29, 0.717) is 0 Å². The van der Waals surface area contributed by atoms with Gasteiger partial charge in [-0.25, -0.2) is 0 Å². The van der Waals surface area contributed by atoms with Crippen LogP contribution in [-0.2, 0) is 0 Å². The molecule has 4 rings (SSSR count). The van der Waals surface area contributed by atoms with Crippen LogP contribution in [-0.4, -0.2) is 19.1 Å². The highest BCUT2D eigenvalue weighted by Gasteiger charge is 2.45. The van der Waals surface area contributed by atoms with E-state index in [4.69, 9.17) is 0 Å². The Morgan fingerprint density at radius 1 is 1.29 bits per heavy atom. The zero-order valence-electron chi connectivity index (χ0n) is 10.4. The van der Waals surface area contributed by atoms with E-state index >= 15 is 0 Å². The minimum atomic E-state index is 0.762. The third-order valence-corrected chi connectivity index (χ3v) is 5.01. The Balaban J connectivity index is 1.74. The fourth-order valence-corrected chi connectivity index (χ4v) is 4.21. The fourth-order valence-electron chi connectivity index (χ4n) is 4.21. The number of nitrogens with one attached hydrogen (secondary N) is 1. The van der Waals surface area contributed by atoms with E-state index in [1.165, 1.54) is 42.7 Å². The standard InChI is InChI=1S/C15H20N2/c1-10-5-6-14-13(7-10)16-8-15-12-4-2-3-11(12)9-17(14)15/h5-7,11-12,15-16H,2-4,8-9H2,1H3. The molecule has 1 saturated carbocycles. The van der Waals surface area contributed by atoms with Crippen LogP contribution in [0.5, 0.6) is 0 Å². The first-order valence-corrected chi connectivity index (χ1v) is 6.94. The Labute approximate surface area is 103 Å². The van der Waals surface area contributed by atoms with Gasteiger partial charge in [0.1, 0.15) is 0 Å². The molecule has 3 aliphatic rings. The molecule has 2 heterocycles. The van der Waals surface area contributed by atoms with Crippen molar-refractivity contribution in [3.8, 4) is 0 Å². The van der Waals surface area contributed by atoms with Crippen molar-refractivity contribution in [1.29, 1.82) is 0 Å². The van der Waals surface area contributed by atoms with E-state index < -0.39 is 0 Å². The number of anilines is 2. The summed E-state index contributed by atoms with van der Waals surface area (Å²) < 4.78 is 0. The molecule has 17 heavy (non-hydrogen) atoms. The van der Waals surface area contributed by atoms with E-state index in [9.17, 15) is 0 Å². The zero-order valence-corrected chi connectivity index (χ0v) is 10.4. The Kier molecular flexibility index (Phi) is 1.97. The molecule has 1 aromatic rings. The van der Waals surface area contributed by atoms with Crippen molar-refractivity contribution in [2.24, 2.45) is 11.8 Å². The highest BCUT2D eigenvalue weighted by molar-refractivity contribution is 5.74. The van der Waals surface area contributed by atoms with Gasteiger partial charge < -0.3 is 10.2 Å². The van der Waals surface area contributed by atoms with Crippen molar-refractivity contribution < 1.29 is 0 Å². The largest absolute Gasteiger partial charge is 0.381 e. The SMILES string of the molecule is Cc1ccc2c(c1)NCC1C3CCCC3CN21. The van der Waals surface area contributed by atoms with Gasteiger partial charge in [-0.2, -0.15) is 0 Å². The lowest BCUT2D eigenvalue weighted by atomic mass is 9.93. The average Bonchev–Trinajstić information content (AvgIpc) is 2.88. The molecule has 0 aromatic heterocycles. The second-order valence-corrected chi connectivity index (χ2v) is 5.98. The van der Waals surface area contributed by atoms with Crippen LogP contribution in [0.3, 0.4) is 0 Å². The molecule has 0 amide bonds. The summed E-state index contributed by atoms with van der Waals surface area (Å²) in [5.74, 6) is 1.92. The van der Waals surface area contributed by atoms with E-state index in [1.807, 2.05) is 0 Å². The quantitative estimate of drug-likeness (QED) is 0.734. The van der Waals surface area contributed by atoms with E-state index in [1.54, 1.807) is 0 Å². The lowest BCUT2D eigenvalue weighted by molar-refractivity contribution is 0.429. The maximum Gasteiger partial charge on any atom is 0.0605 e. The number of nitrogens with zero attached hydrogens (tertiary/aromatic N) is 1. The van der Waals surface area contributed by atoms with Crippen LogP contribution in [0.1, 0.15) is 24.8 Å². The lowest BCUT2D eigenvalue weighted by Crippen LogP contribution is -2.42. The third kappa shape index (κ3) is 1.33. The number of hydrogen-bond donors (Lipinski definition) is 1. The van der Waals surface area contributed by atoms with Gasteiger partial charge >= 0.3 is 0 Å². The summed E-state index contributed by atoms with van der Waals surface area (Å²) in [5.41, 5.74) is 4.15. The molecule has 3 unspecified atom stereocenters. The van der Waals surface area contributed by atoms with Gasteiger partial charge in [0.15, 0.2) is 0 Å². The van der Waals surface area contributed by atoms with Crippen LogP contribution >= 0.6 is 0 Å². The molecule has 2 heteroatoms. The summed E-state index contributed by atoms with van der Waals surface area (Å²) >= 11 is 0. The number of fused-ring (bicyclic) bond motifs is 5. The highest BCUT2D eigenvalue weighted by atomic mass is 15.3. The molecular weight excluding hydrogens is 208 g/mol. The maximum absolute atomic E-state index is 3.65. The van der Waals surface area contributed by atoms with Crippen LogP contribution in [0.4, 0.5) is 11.4 Å². The van der Waals surface area contributed by atoms with Gasteiger partial charge in [0.2, 0.25) is 0 Å². The highest BCUT2D eigenvalue weighted by Crippen LogP contribution is 2.47. The smallest absolute Gasteiger partial charge is 0.0605 e. The Hall–Kier alpha value is -1.18. The molecule has 3 atom stereocenters. The molecule has 0 bridgehead atoms. The minimum Gasteiger partial charge on any atom is -0.381 e. The van der Waals surface area contributed by atoms with Crippen LogP contribution in [0, 0.1) is 18.8 Å². The normalized spacial score (nSPS) is 33.9. The van der Waals surface area contributed by atoms with Gasteiger partial charge in [-0.1, -0.05) is 12.5 Å². The van der Waals surface area contributed by atoms with Gasteiger partial charge in [0, 0.05) is 19.1 Å². The van der Waals surface area contributed by atoms with Crippen LogP contribution < -0.4 is 10.2 Å². The molecule has 1 aliphatic carbocycles. The molecule has 0 radical (unpaired) electrons. The first kappa shape index (κ1) is 9.81. The van der Waals surface area contributed by atoms with E-state index in [2.05, 4.69) is 35.3 Å². The van der Waals surface area contributed by atoms with Crippen molar-refractivity contribution in [3.63, 3.8) is 0 Å². The van der Waals surface area contributed by atoms with Gasteiger partial charge in [-0.3, -0.25) is 0 Å². The number of hydrogen-bond acceptors (Lipinski definition) is 2. The third-order valence-electron chi connectivity index (χ3n) is 5.01. The van der Waals surface area contributed by atoms with E-state index in [0.717, 1.165) is 24.4 Å².